The molecule has 0 aromatic rings. The van der Waals surface area contributed by atoms with Crippen LogP contribution in [0.4, 0.5) is 0 Å². The van der Waals surface area contributed by atoms with Crippen LogP contribution in [0.3, 0.4) is 0 Å². The van der Waals surface area contributed by atoms with E-state index in [1.54, 1.807) is 5.57 Å². The van der Waals surface area contributed by atoms with Crippen LogP contribution in [0.2, 0.25) is 0 Å². The molecule has 0 spiro atoms. The molecule has 0 aromatic heterocycles. The molecule has 102 valence electrons. The van der Waals surface area contributed by atoms with Crippen LogP contribution < -0.4 is 24.8 Å². The first kappa shape index (κ1) is 21.6. The summed E-state index contributed by atoms with van der Waals surface area (Å²) in [6.45, 7) is 0. The zero-order valence-corrected chi connectivity index (χ0v) is 15.1. The Balaban J connectivity index is 0. The number of hydrogen-bond donors (Lipinski definition) is 0. The molecule has 0 heterocycles. The topological polar surface area (TPSA) is 0 Å². The third-order valence-corrected chi connectivity index (χ3v) is 3.30. The Morgan fingerprint density at radius 3 is 2.58 bits per heavy atom. The Labute approximate surface area is 149 Å². The van der Waals surface area contributed by atoms with Crippen molar-refractivity contribution >= 4 is 0 Å². The van der Waals surface area contributed by atoms with Crippen molar-refractivity contribution < 1.29 is 51.0 Å². The number of allylic oxidation sites excluding steroid dienone is 8. The molecule has 3 heteroatoms. The van der Waals surface area contributed by atoms with Crippen LogP contribution in [0, 0.1) is 18.4 Å². The van der Waals surface area contributed by atoms with E-state index in [2.05, 4.69) is 36.8 Å². The average Bonchev–Trinajstić information content (AvgIpc) is 2.91. The van der Waals surface area contributed by atoms with Crippen molar-refractivity contribution in [2.75, 3.05) is 0 Å². The van der Waals surface area contributed by atoms with Crippen LogP contribution in [0.1, 0.15) is 38.5 Å². The molecule has 1 unspecified atom stereocenters. The normalized spacial score (nSPS) is 21.9. The van der Waals surface area contributed by atoms with Crippen molar-refractivity contribution in [1.29, 1.82) is 0 Å². The Morgan fingerprint density at radius 2 is 1.95 bits per heavy atom. The van der Waals surface area contributed by atoms with Gasteiger partial charge in [0.15, 0.2) is 0 Å². The van der Waals surface area contributed by atoms with Gasteiger partial charge in [-0.25, -0.2) is 30.2 Å². The summed E-state index contributed by atoms with van der Waals surface area (Å²) < 4.78 is 0. The van der Waals surface area contributed by atoms with Crippen LogP contribution in [0.5, 0.6) is 0 Å². The first-order valence-corrected chi connectivity index (χ1v) is 6.38. The number of rotatable bonds is 0. The predicted octanol–water partition coefficient (Wildman–Crippen LogP) is -1.42. The van der Waals surface area contributed by atoms with E-state index < -0.39 is 0 Å². The number of hydrogen-bond acceptors (Lipinski definition) is 0. The van der Waals surface area contributed by atoms with E-state index in [-0.39, 0.29) is 51.0 Å². The van der Waals surface area contributed by atoms with Crippen molar-refractivity contribution in [3.63, 3.8) is 0 Å². The largest absolute Gasteiger partial charge is 4.00 e. The van der Waals surface area contributed by atoms with E-state index in [9.17, 15) is 0 Å². The molecule has 0 bridgehead atoms. The molecule has 3 rings (SSSR count). The monoisotopic (exact) mass is 372 g/mol. The second-order valence-corrected chi connectivity index (χ2v) is 4.51. The quantitative estimate of drug-likeness (QED) is 0.457. The molecular formula is C16H20Cl2Zr. The summed E-state index contributed by atoms with van der Waals surface area (Å²) >= 11 is 0. The summed E-state index contributed by atoms with van der Waals surface area (Å²) in [5, 5.41) is 0. The van der Waals surface area contributed by atoms with E-state index in [0.29, 0.717) is 0 Å². The Kier molecular flexibility index (Phi) is 15.1. The van der Waals surface area contributed by atoms with Crippen LogP contribution in [0.25, 0.3) is 0 Å². The maximum Gasteiger partial charge on any atom is 4.00 e. The third-order valence-electron chi connectivity index (χ3n) is 3.30. The van der Waals surface area contributed by atoms with E-state index in [1.165, 1.54) is 32.1 Å². The van der Waals surface area contributed by atoms with Gasteiger partial charge in [-0.3, -0.25) is 6.08 Å². The fourth-order valence-corrected chi connectivity index (χ4v) is 2.40. The summed E-state index contributed by atoms with van der Waals surface area (Å²) in [5.41, 5.74) is 1.60. The fraction of sp³-hybridized carbons (Fsp3) is 0.438. The number of fused-ring (bicyclic) bond motifs is 1. The summed E-state index contributed by atoms with van der Waals surface area (Å²) in [6, 6.07) is 0. The summed E-state index contributed by atoms with van der Waals surface area (Å²) in [5.74, 6) is 0.903. The van der Waals surface area contributed by atoms with E-state index in [1.807, 2.05) is 12.2 Å². The van der Waals surface area contributed by atoms with E-state index in [4.69, 9.17) is 0 Å². The second-order valence-electron chi connectivity index (χ2n) is 4.51. The minimum Gasteiger partial charge on any atom is -1.00 e. The zero-order chi connectivity index (χ0) is 11.1. The molecule has 19 heavy (non-hydrogen) atoms. The van der Waals surface area contributed by atoms with Crippen molar-refractivity contribution in [2.45, 2.75) is 38.5 Å². The van der Waals surface area contributed by atoms with Crippen molar-refractivity contribution in [3.8, 4) is 0 Å². The summed E-state index contributed by atoms with van der Waals surface area (Å²) in [4.78, 5) is 0. The Bertz CT molecular complexity index is 320. The molecule has 0 saturated heterocycles. The minimum absolute atomic E-state index is 0. The van der Waals surface area contributed by atoms with E-state index in [0.717, 1.165) is 12.3 Å². The standard InChI is InChI=1S/C11H15.C5H5.2ClH.Zr/c1-2-4-7-11-9-5-8-10(11)6-3-1;1-2-4-5-3-1;;;/h1,3,6,8,11H,2,4-5,7,9H2;1-3H,4H2;2*1H;/q2*-1;;;+4/p-2. The molecule has 3 aliphatic rings. The molecule has 0 aliphatic heterocycles. The Morgan fingerprint density at radius 1 is 1.11 bits per heavy atom. The van der Waals surface area contributed by atoms with E-state index >= 15 is 0 Å². The van der Waals surface area contributed by atoms with Crippen LogP contribution in [-0.2, 0) is 26.2 Å². The summed E-state index contributed by atoms with van der Waals surface area (Å²) in [7, 11) is 0. The van der Waals surface area contributed by atoms with Gasteiger partial charge in [-0.05, 0) is 19.3 Å². The van der Waals surface area contributed by atoms with Gasteiger partial charge in [0.05, 0.1) is 0 Å². The van der Waals surface area contributed by atoms with Gasteiger partial charge >= 0.3 is 26.2 Å². The van der Waals surface area contributed by atoms with Crippen molar-refractivity contribution in [1.82, 2.24) is 0 Å². The van der Waals surface area contributed by atoms with Gasteiger partial charge in [0, 0.05) is 0 Å². The molecule has 1 fully saturated rings. The SMILES string of the molecule is C1=CCCCC2CC[CH-]C2=C1.[C-]1=CC=CC1.[Cl-].[Cl-].[Zr+4]. The van der Waals surface area contributed by atoms with Gasteiger partial charge in [0.1, 0.15) is 0 Å². The maximum absolute atomic E-state index is 2.99. The molecule has 1 atom stereocenters. The predicted molar refractivity (Wildman–Crippen MR) is 69.7 cm³/mol. The third kappa shape index (κ3) is 8.23. The zero-order valence-electron chi connectivity index (χ0n) is 11.1. The van der Waals surface area contributed by atoms with Crippen LogP contribution in [0.15, 0.2) is 42.0 Å². The molecular weight excluding hydrogens is 354 g/mol. The van der Waals surface area contributed by atoms with Gasteiger partial charge in [0.25, 0.3) is 0 Å². The maximum atomic E-state index is 2.99. The van der Waals surface area contributed by atoms with Gasteiger partial charge in [0.2, 0.25) is 0 Å². The van der Waals surface area contributed by atoms with Gasteiger partial charge < -0.3 is 24.8 Å². The van der Waals surface area contributed by atoms with Crippen LogP contribution in [-0.4, -0.2) is 0 Å². The molecule has 0 amide bonds. The van der Waals surface area contributed by atoms with Gasteiger partial charge in [-0.15, -0.1) is 25.0 Å². The number of halogens is 2. The second kappa shape index (κ2) is 13.3. The molecule has 3 aliphatic carbocycles. The smallest absolute Gasteiger partial charge is 1.00 e. The fourth-order valence-electron chi connectivity index (χ4n) is 2.40. The van der Waals surface area contributed by atoms with Gasteiger partial charge in [-0.1, -0.05) is 12.3 Å². The first-order valence-electron chi connectivity index (χ1n) is 6.38. The molecule has 0 nitrogen and oxygen atoms in total. The molecule has 1 saturated carbocycles. The van der Waals surface area contributed by atoms with Crippen molar-refractivity contribution in [3.05, 3.63) is 54.5 Å². The molecule has 0 aromatic carbocycles. The molecule has 0 N–H and O–H groups in total. The molecule has 0 radical (unpaired) electrons. The summed E-state index contributed by atoms with van der Waals surface area (Å²) in [6.07, 6.45) is 26.0. The minimum atomic E-state index is 0. The van der Waals surface area contributed by atoms with Crippen LogP contribution >= 0.6 is 0 Å². The Hall–Kier alpha value is 0.293. The van der Waals surface area contributed by atoms with Crippen molar-refractivity contribution in [2.24, 2.45) is 5.92 Å². The van der Waals surface area contributed by atoms with Gasteiger partial charge in [-0.2, -0.15) is 6.08 Å². The average molecular weight is 374 g/mol. The first-order chi connectivity index (χ1) is 7.97.